The lowest BCUT2D eigenvalue weighted by molar-refractivity contribution is -0.138. The van der Waals surface area contributed by atoms with E-state index in [2.05, 4.69) is 12.4 Å². The second-order valence-corrected chi connectivity index (χ2v) is 4.00. The molecule has 0 radical (unpaired) electrons. The summed E-state index contributed by atoms with van der Waals surface area (Å²) in [4.78, 5) is 16.6. The van der Waals surface area contributed by atoms with Crippen molar-refractivity contribution < 1.29 is 9.63 Å². The van der Waals surface area contributed by atoms with E-state index in [1.807, 2.05) is 0 Å². The monoisotopic (exact) mass is 199 g/mol. The van der Waals surface area contributed by atoms with E-state index in [0.29, 0.717) is 6.61 Å². The van der Waals surface area contributed by atoms with Crippen LogP contribution in [-0.4, -0.2) is 12.5 Å². The van der Waals surface area contributed by atoms with Crippen LogP contribution in [0, 0.1) is 5.92 Å². The van der Waals surface area contributed by atoms with Crippen molar-refractivity contribution in [1.29, 1.82) is 0 Å². The molecule has 1 amide bonds. The standard InChI is InChI=1S/C11H21NO2/c1-2-3-9-14-12-11(13)10-7-5-4-6-8-10/h10H,2-9H2,1H3,(H,12,13). The summed E-state index contributed by atoms with van der Waals surface area (Å²) in [6.45, 7) is 2.74. The minimum atomic E-state index is 0.0841. The van der Waals surface area contributed by atoms with E-state index < -0.39 is 0 Å². The van der Waals surface area contributed by atoms with Gasteiger partial charge in [0.05, 0.1) is 6.61 Å². The van der Waals surface area contributed by atoms with Crippen LogP contribution in [0.5, 0.6) is 0 Å². The molecule has 0 aliphatic heterocycles. The summed E-state index contributed by atoms with van der Waals surface area (Å²) in [5.41, 5.74) is 2.55. The highest BCUT2D eigenvalue weighted by Crippen LogP contribution is 2.23. The van der Waals surface area contributed by atoms with Crippen LogP contribution in [0.25, 0.3) is 0 Å². The molecule has 1 saturated carbocycles. The highest BCUT2D eigenvalue weighted by Gasteiger charge is 2.20. The summed E-state index contributed by atoms with van der Waals surface area (Å²) in [6.07, 6.45) is 7.82. The Hall–Kier alpha value is -0.570. The molecular weight excluding hydrogens is 178 g/mol. The Morgan fingerprint density at radius 2 is 2.07 bits per heavy atom. The molecule has 0 unspecified atom stereocenters. The lowest BCUT2D eigenvalue weighted by Gasteiger charge is -2.20. The van der Waals surface area contributed by atoms with Gasteiger partial charge in [0.2, 0.25) is 5.91 Å². The van der Waals surface area contributed by atoms with E-state index in [0.717, 1.165) is 25.7 Å². The molecule has 3 nitrogen and oxygen atoms in total. The van der Waals surface area contributed by atoms with Crippen molar-refractivity contribution in [2.75, 3.05) is 6.61 Å². The lowest BCUT2D eigenvalue weighted by Crippen LogP contribution is -2.32. The van der Waals surface area contributed by atoms with Crippen molar-refractivity contribution >= 4 is 5.91 Å². The number of unbranched alkanes of at least 4 members (excludes halogenated alkanes) is 1. The van der Waals surface area contributed by atoms with Crippen LogP contribution in [0.2, 0.25) is 0 Å². The highest BCUT2D eigenvalue weighted by atomic mass is 16.6. The first-order chi connectivity index (χ1) is 6.84. The molecule has 1 aliphatic carbocycles. The van der Waals surface area contributed by atoms with Gasteiger partial charge in [-0.2, -0.15) is 0 Å². The van der Waals surface area contributed by atoms with Crippen molar-refractivity contribution in [2.24, 2.45) is 5.92 Å². The number of carbonyl (C=O) groups excluding carboxylic acids is 1. The van der Waals surface area contributed by atoms with Crippen molar-refractivity contribution in [2.45, 2.75) is 51.9 Å². The highest BCUT2D eigenvalue weighted by molar-refractivity contribution is 5.77. The molecule has 1 rings (SSSR count). The molecule has 3 heteroatoms. The summed E-state index contributed by atoms with van der Waals surface area (Å²) in [7, 11) is 0. The molecule has 0 saturated heterocycles. The first kappa shape index (κ1) is 11.5. The van der Waals surface area contributed by atoms with Gasteiger partial charge in [0.25, 0.3) is 0 Å². The van der Waals surface area contributed by atoms with Gasteiger partial charge in [-0.05, 0) is 19.3 Å². The first-order valence-corrected chi connectivity index (χ1v) is 5.76. The summed E-state index contributed by atoms with van der Waals surface area (Å²) in [5.74, 6) is 0.283. The topological polar surface area (TPSA) is 38.3 Å². The van der Waals surface area contributed by atoms with Crippen molar-refractivity contribution in [3.8, 4) is 0 Å². The van der Waals surface area contributed by atoms with Crippen LogP contribution in [-0.2, 0) is 9.63 Å². The van der Waals surface area contributed by atoms with E-state index in [9.17, 15) is 4.79 Å². The molecule has 0 bridgehead atoms. The number of amides is 1. The fourth-order valence-corrected chi connectivity index (χ4v) is 1.79. The Labute approximate surface area is 86.2 Å². The van der Waals surface area contributed by atoms with Gasteiger partial charge in [-0.15, -0.1) is 0 Å². The third-order valence-electron chi connectivity index (χ3n) is 2.75. The second kappa shape index (κ2) is 6.82. The average Bonchev–Trinajstić information content (AvgIpc) is 2.25. The largest absolute Gasteiger partial charge is 0.274 e. The maximum atomic E-state index is 11.5. The van der Waals surface area contributed by atoms with Gasteiger partial charge in [-0.1, -0.05) is 32.6 Å². The number of nitrogens with one attached hydrogen (secondary N) is 1. The molecular formula is C11H21NO2. The zero-order valence-electron chi connectivity index (χ0n) is 9.05. The third-order valence-corrected chi connectivity index (χ3v) is 2.75. The van der Waals surface area contributed by atoms with Gasteiger partial charge in [0.1, 0.15) is 0 Å². The molecule has 1 aliphatic rings. The van der Waals surface area contributed by atoms with Crippen LogP contribution >= 0.6 is 0 Å². The molecule has 1 N–H and O–H groups in total. The van der Waals surface area contributed by atoms with Crippen molar-refractivity contribution in [1.82, 2.24) is 5.48 Å². The van der Waals surface area contributed by atoms with Crippen LogP contribution in [0.3, 0.4) is 0 Å². The van der Waals surface area contributed by atoms with Crippen LogP contribution in [0.15, 0.2) is 0 Å². The normalized spacial score (nSPS) is 18.1. The van der Waals surface area contributed by atoms with Gasteiger partial charge < -0.3 is 0 Å². The average molecular weight is 199 g/mol. The fraction of sp³-hybridized carbons (Fsp3) is 0.909. The number of rotatable bonds is 5. The number of hydrogen-bond acceptors (Lipinski definition) is 2. The Morgan fingerprint density at radius 3 is 2.71 bits per heavy atom. The fourth-order valence-electron chi connectivity index (χ4n) is 1.79. The van der Waals surface area contributed by atoms with Gasteiger partial charge >= 0.3 is 0 Å². The smallest absolute Gasteiger partial charge is 0.246 e. The minimum Gasteiger partial charge on any atom is -0.274 e. The molecule has 0 atom stereocenters. The van der Waals surface area contributed by atoms with Crippen molar-refractivity contribution in [3.05, 3.63) is 0 Å². The summed E-state index contributed by atoms with van der Waals surface area (Å²) in [5, 5.41) is 0. The second-order valence-electron chi connectivity index (χ2n) is 4.00. The third kappa shape index (κ3) is 4.09. The van der Waals surface area contributed by atoms with E-state index in [4.69, 9.17) is 4.84 Å². The number of carbonyl (C=O) groups is 1. The molecule has 82 valence electrons. The van der Waals surface area contributed by atoms with Gasteiger partial charge in [-0.25, -0.2) is 5.48 Å². The Balaban J connectivity index is 2.07. The summed E-state index contributed by atoms with van der Waals surface area (Å²) >= 11 is 0. The van der Waals surface area contributed by atoms with E-state index in [-0.39, 0.29) is 11.8 Å². The van der Waals surface area contributed by atoms with Crippen molar-refractivity contribution in [3.63, 3.8) is 0 Å². The Kier molecular flexibility index (Phi) is 5.60. The van der Waals surface area contributed by atoms with E-state index >= 15 is 0 Å². The summed E-state index contributed by atoms with van der Waals surface area (Å²) < 4.78 is 0. The minimum absolute atomic E-state index is 0.0841. The zero-order valence-corrected chi connectivity index (χ0v) is 9.05. The predicted molar refractivity (Wildman–Crippen MR) is 55.6 cm³/mol. The molecule has 0 aromatic heterocycles. The van der Waals surface area contributed by atoms with Gasteiger partial charge in [0, 0.05) is 5.92 Å². The molecule has 0 aromatic rings. The number of hydroxylamine groups is 1. The van der Waals surface area contributed by atoms with Gasteiger partial charge in [-0.3, -0.25) is 9.63 Å². The predicted octanol–water partition coefficient (Wildman–Crippen LogP) is 2.41. The first-order valence-electron chi connectivity index (χ1n) is 5.76. The maximum absolute atomic E-state index is 11.5. The SMILES string of the molecule is CCCCONC(=O)C1CCCCC1. The molecule has 0 aromatic carbocycles. The maximum Gasteiger partial charge on any atom is 0.246 e. The number of hydrogen-bond donors (Lipinski definition) is 1. The quantitative estimate of drug-likeness (QED) is 0.545. The van der Waals surface area contributed by atoms with E-state index in [1.54, 1.807) is 0 Å². The molecule has 0 spiro atoms. The molecule has 0 heterocycles. The zero-order chi connectivity index (χ0) is 10.2. The van der Waals surface area contributed by atoms with E-state index in [1.165, 1.54) is 19.3 Å². The van der Waals surface area contributed by atoms with Crippen LogP contribution in [0.1, 0.15) is 51.9 Å². The Morgan fingerprint density at radius 1 is 1.36 bits per heavy atom. The van der Waals surface area contributed by atoms with Gasteiger partial charge in [0.15, 0.2) is 0 Å². The molecule has 1 fully saturated rings. The summed E-state index contributed by atoms with van der Waals surface area (Å²) in [6, 6.07) is 0. The van der Waals surface area contributed by atoms with Crippen LogP contribution < -0.4 is 5.48 Å². The Bertz CT molecular complexity index is 165. The van der Waals surface area contributed by atoms with Crippen LogP contribution in [0.4, 0.5) is 0 Å². The molecule has 14 heavy (non-hydrogen) atoms. The lowest BCUT2D eigenvalue weighted by atomic mass is 9.89.